The van der Waals surface area contributed by atoms with Crippen LogP contribution in [0.15, 0.2) is 30.3 Å². The zero-order valence-corrected chi connectivity index (χ0v) is 11.9. The van der Waals surface area contributed by atoms with Crippen LogP contribution in [0.1, 0.15) is 18.9 Å². The molecule has 0 saturated carbocycles. The molecular weight excluding hydrogens is 240 g/mol. The Balaban J connectivity index is 2.07. The third-order valence-electron chi connectivity index (χ3n) is 2.77. The Morgan fingerprint density at radius 1 is 1.32 bits per heavy atom. The molecular formula is C15H24N2O2. The molecule has 0 aliphatic heterocycles. The van der Waals surface area contributed by atoms with E-state index in [1.807, 2.05) is 13.0 Å². The van der Waals surface area contributed by atoms with Gasteiger partial charge in [0.25, 0.3) is 0 Å². The van der Waals surface area contributed by atoms with E-state index in [0.29, 0.717) is 13.2 Å². The fourth-order valence-electron chi connectivity index (χ4n) is 1.80. The molecule has 0 spiro atoms. The maximum atomic E-state index is 11.3. The molecule has 0 aromatic heterocycles. The Kier molecular flexibility index (Phi) is 7.86. The summed E-state index contributed by atoms with van der Waals surface area (Å²) in [5.74, 6) is -0.0347. The van der Waals surface area contributed by atoms with Gasteiger partial charge in [0.05, 0.1) is 0 Å². The second-order valence-corrected chi connectivity index (χ2v) is 4.56. The van der Waals surface area contributed by atoms with Crippen LogP contribution in [0.4, 0.5) is 0 Å². The van der Waals surface area contributed by atoms with Crippen LogP contribution >= 0.6 is 0 Å². The highest BCUT2D eigenvalue weighted by Gasteiger charge is 2.02. The number of carbonyl (C=O) groups is 1. The summed E-state index contributed by atoms with van der Waals surface area (Å²) in [5.41, 5.74) is 1.31. The van der Waals surface area contributed by atoms with Gasteiger partial charge in [0.2, 0.25) is 5.91 Å². The maximum Gasteiger partial charge on any atom is 0.245 e. The molecule has 4 heteroatoms. The monoisotopic (exact) mass is 264 g/mol. The third-order valence-corrected chi connectivity index (χ3v) is 2.77. The normalized spacial score (nSPS) is 10.7. The molecule has 0 heterocycles. The quantitative estimate of drug-likeness (QED) is 0.690. The molecule has 0 saturated heterocycles. The second-order valence-electron chi connectivity index (χ2n) is 4.56. The first kappa shape index (κ1) is 15.7. The highest BCUT2D eigenvalue weighted by atomic mass is 16.5. The van der Waals surface area contributed by atoms with Gasteiger partial charge in [-0.1, -0.05) is 30.3 Å². The van der Waals surface area contributed by atoms with Crippen LogP contribution < -0.4 is 5.32 Å². The van der Waals surface area contributed by atoms with Crippen molar-refractivity contribution >= 4 is 5.91 Å². The van der Waals surface area contributed by atoms with E-state index in [4.69, 9.17) is 4.74 Å². The summed E-state index contributed by atoms with van der Waals surface area (Å²) < 4.78 is 5.03. The number of benzene rings is 1. The van der Waals surface area contributed by atoms with Crippen LogP contribution in [0.25, 0.3) is 0 Å². The van der Waals surface area contributed by atoms with E-state index < -0.39 is 0 Å². The molecule has 4 nitrogen and oxygen atoms in total. The summed E-state index contributed by atoms with van der Waals surface area (Å²) in [6.07, 6.45) is 0.946. The number of hydrogen-bond acceptors (Lipinski definition) is 3. The third kappa shape index (κ3) is 7.59. The lowest BCUT2D eigenvalue weighted by Gasteiger charge is -2.16. The Morgan fingerprint density at radius 3 is 2.74 bits per heavy atom. The minimum absolute atomic E-state index is 0.0347. The molecule has 0 bridgehead atoms. The molecule has 0 unspecified atom stereocenters. The Bertz CT molecular complexity index is 354. The molecule has 1 amide bonds. The first-order chi connectivity index (χ1) is 9.22. The average molecular weight is 264 g/mol. The van der Waals surface area contributed by atoms with E-state index in [1.54, 1.807) is 0 Å². The highest BCUT2D eigenvalue weighted by molar-refractivity contribution is 5.77. The predicted molar refractivity (Wildman–Crippen MR) is 76.9 cm³/mol. The zero-order valence-electron chi connectivity index (χ0n) is 11.9. The van der Waals surface area contributed by atoms with Crippen molar-refractivity contribution in [3.63, 3.8) is 0 Å². The number of rotatable bonds is 9. The van der Waals surface area contributed by atoms with Gasteiger partial charge < -0.3 is 15.0 Å². The Labute approximate surface area is 115 Å². The number of amides is 1. The van der Waals surface area contributed by atoms with E-state index in [9.17, 15) is 4.79 Å². The minimum Gasteiger partial charge on any atom is -0.372 e. The van der Waals surface area contributed by atoms with Gasteiger partial charge in [-0.05, 0) is 32.5 Å². The van der Waals surface area contributed by atoms with Gasteiger partial charge in [-0.15, -0.1) is 0 Å². The molecule has 1 aromatic rings. The van der Waals surface area contributed by atoms with Crippen molar-refractivity contribution in [2.45, 2.75) is 19.9 Å². The highest BCUT2D eigenvalue weighted by Crippen LogP contribution is 2.02. The van der Waals surface area contributed by atoms with E-state index >= 15 is 0 Å². The fraction of sp³-hybridized carbons (Fsp3) is 0.533. The van der Waals surface area contributed by atoms with Crippen molar-refractivity contribution in [1.29, 1.82) is 0 Å². The van der Waals surface area contributed by atoms with Crippen molar-refractivity contribution in [3.8, 4) is 0 Å². The maximum absolute atomic E-state index is 11.3. The number of nitrogens with one attached hydrogen (secondary N) is 1. The smallest absolute Gasteiger partial charge is 0.245 e. The van der Waals surface area contributed by atoms with Crippen LogP contribution in [0, 0.1) is 0 Å². The van der Waals surface area contributed by atoms with Crippen LogP contribution in [-0.4, -0.2) is 44.2 Å². The van der Waals surface area contributed by atoms with Gasteiger partial charge in [0.1, 0.15) is 6.61 Å². The fourth-order valence-corrected chi connectivity index (χ4v) is 1.80. The zero-order chi connectivity index (χ0) is 13.9. The van der Waals surface area contributed by atoms with Crippen molar-refractivity contribution in [2.75, 3.05) is 33.4 Å². The first-order valence-electron chi connectivity index (χ1n) is 6.79. The molecule has 0 radical (unpaired) electrons. The first-order valence-corrected chi connectivity index (χ1v) is 6.79. The largest absolute Gasteiger partial charge is 0.372 e. The lowest BCUT2D eigenvalue weighted by molar-refractivity contribution is -0.125. The van der Waals surface area contributed by atoms with E-state index in [1.165, 1.54) is 5.56 Å². The molecule has 106 valence electrons. The van der Waals surface area contributed by atoms with Crippen LogP contribution in [0.3, 0.4) is 0 Å². The van der Waals surface area contributed by atoms with Crippen molar-refractivity contribution < 1.29 is 9.53 Å². The Morgan fingerprint density at radius 2 is 2.05 bits per heavy atom. The molecule has 0 fully saturated rings. The van der Waals surface area contributed by atoms with Gasteiger partial charge in [-0.3, -0.25) is 4.79 Å². The second kappa shape index (κ2) is 9.53. The summed E-state index contributed by atoms with van der Waals surface area (Å²) in [6.45, 7) is 5.22. The lowest BCUT2D eigenvalue weighted by atomic mass is 10.2. The molecule has 1 N–H and O–H groups in total. The lowest BCUT2D eigenvalue weighted by Crippen LogP contribution is -2.30. The van der Waals surface area contributed by atoms with Crippen LogP contribution in [-0.2, 0) is 16.1 Å². The SMILES string of the molecule is CCOCC(=O)NCCCN(C)Cc1ccccc1. The van der Waals surface area contributed by atoms with Gasteiger partial charge >= 0.3 is 0 Å². The van der Waals surface area contributed by atoms with Crippen molar-refractivity contribution in [2.24, 2.45) is 0 Å². The number of nitrogens with zero attached hydrogens (tertiary/aromatic N) is 1. The minimum atomic E-state index is -0.0347. The summed E-state index contributed by atoms with van der Waals surface area (Å²) >= 11 is 0. The summed E-state index contributed by atoms with van der Waals surface area (Å²) in [5, 5.41) is 2.85. The van der Waals surface area contributed by atoms with Crippen LogP contribution in [0.5, 0.6) is 0 Å². The van der Waals surface area contributed by atoms with Gasteiger partial charge in [-0.25, -0.2) is 0 Å². The number of carbonyl (C=O) groups excluding carboxylic acids is 1. The summed E-state index contributed by atoms with van der Waals surface area (Å²) in [7, 11) is 2.09. The van der Waals surface area contributed by atoms with Gasteiger partial charge in [0.15, 0.2) is 0 Å². The Hall–Kier alpha value is -1.39. The molecule has 0 aliphatic rings. The van der Waals surface area contributed by atoms with Crippen molar-refractivity contribution in [3.05, 3.63) is 35.9 Å². The van der Waals surface area contributed by atoms with E-state index in [2.05, 4.69) is 41.5 Å². The standard InChI is InChI=1S/C15H24N2O2/c1-3-19-13-15(18)16-10-7-11-17(2)12-14-8-5-4-6-9-14/h4-6,8-9H,3,7,10-13H2,1-2H3,(H,16,18). The summed E-state index contributed by atoms with van der Waals surface area (Å²) in [4.78, 5) is 13.5. The molecule has 19 heavy (non-hydrogen) atoms. The van der Waals surface area contributed by atoms with Crippen LogP contribution in [0.2, 0.25) is 0 Å². The average Bonchev–Trinajstić information content (AvgIpc) is 2.42. The number of hydrogen-bond donors (Lipinski definition) is 1. The van der Waals surface area contributed by atoms with E-state index in [-0.39, 0.29) is 12.5 Å². The van der Waals surface area contributed by atoms with Gasteiger partial charge in [-0.2, -0.15) is 0 Å². The van der Waals surface area contributed by atoms with Crippen molar-refractivity contribution in [1.82, 2.24) is 10.2 Å². The van der Waals surface area contributed by atoms with Gasteiger partial charge in [0, 0.05) is 19.7 Å². The van der Waals surface area contributed by atoms with E-state index in [0.717, 1.165) is 19.5 Å². The predicted octanol–water partition coefficient (Wildman–Crippen LogP) is 1.66. The molecule has 1 aromatic carbocycles. The number of ether oxygens (including phenoxy) is 1. The molecule has 1 rings (SSSR count). The summed E-state index contributed by atoms with van der Waals surface area (Å²) in [6, 6.07) is 10.4. The topological polar surface area (TPSA) is 41.6 Å². The molecule has 0 atom stereocenters. The molecule has 0 aliphatic carbocycles.